The minimum Gasteiger partial charge on any atom is -0.378 e. The first kappa shape index (κ1) is 31.7. The van der Waals surface area contributed by atoms with Crippen molar-refractivity contribution in [3.8, 4) is 0 Å². The molecular formula is C35H50N2O2S. The highest BCUT2D eigenvalue weighted by Gasteiger charge is 2.31. The molecule has 3 aromatic carbocycles. The van der Waals surface area contributed by atoms with Gasteiger partial charge in [-0.2, -0.15) is 0 Å². The molecule has 0 fully saturated rings. The molecule has 0 atom stereocenters. The van der Waals surface area contributed by atoms with E-state index in [2.05, 4.69) is 6.92 Å². The van der Waals surface area contributed by atoms with Crippen molar-refractivity contribution in [2.24, 2.45) is 0 Å². The van der Waals surface area contributed by atoms with E-state index in [1.807, 2.05) is 98.7 Å². The van der Waals surface area contributed by atoms with Gasteiger partial charge >= 0.3 is 0 Å². The van der Waals surface area contributed by atoms with Crippen LogP contribution in [-0.2, 0) is 16.3 Å². The summed E-state index contributed by atoms with van der Waals surface area (Å²) < 4.78 is 28.2. The number of unbranched alkanes of at least 4 members (excludes halogenated alkanes) is 9. The predicted octanol–water partition coefficient (Wildman–Crippen LogP) is 8.85. The van der Waals surface area contributed by atoms with Crippen molar-refractivity contribution in [2.45, 2.75) is 87.7 Å². The highest BCUT2D eigenvalue weighted by Crippen LogP contribution is 2.36. The third-order valence-corrected chi connectivity index (χ3v) is 9.90. The van der Waals surface area contributed by atoms with E-state index < -0.39 is 15.1 Å². The molecule has 0 aliphatic heterocycles. The average Bonchev–Trinajstić information content (AvgIpc) is 2.95. The van der Waals surface area contributed by atoms with Crippen molar-refractivity contribution in [1.82, 2.24) is 0 Å². The third kappa shape index (κ3) is 9.12. The molecule has 0 aliphatic carbocycles. The second-order valence-electron chi connectivity index (χ2n) is 11.5. The molecule has 5 heteroatoms. The minimum atomic E-state index is -3.66. The summed E-state index contributed by atoms with van der Waals surface area (Å²) in [5.41, 5.74) is 4.84. The monoisotopic (exact) mass is 562 g/mol. The van der Waals surface area contributed by atoms with Crippen LogP contribution in [0.25, 0.3) is 0 Å². The van der Waals surface area contributed by atoms with E-state index in [4.69, 9.17) is 0 Å². The molecule has 0 unspecified atom stereocenters. The topological polar surface area (TPSA) is 40.6 Å². The van der Waals surface area contributed by atoms with Crippen molar-refractivity contribution in [3.63, 3.8) is 0 Å². The summed E-state index contributed by atoms with van der Waals surface area (Å²) in [6.07, 6.45) is 14.2. The van der Waals surface area contributed by atoms with Gasteiger partial charge in [0, 0.05) is 39.6 Å². The second-order valence-corrected chi connectivity index (χ2v) is 13.5. The predicted molar refractivity (Wildman–Crippen MR) is 173 cm³/mol. The summed E-state index contributed by atoms with van der Waals surface area (Å²) in [6.45, 7) is 2.26. The average molecular weight is 563 g/mol. The van der Waals surface area contributed by atoms with E-state index in [0.717, 1.165) is 35.3 Å². The molecule has 3 aromatic rings. The van der Waals surface area contributed by atoms with Crippen LogP contribution in [0.15, 0.2) is 77.7 Å². The Kier molecular flexibility index (Phi) is 12.6. The van der Waals surface area contributed by atoms with Gasteiger partial charge in [0.25, 0.3) is 0 Å². The highest BCUT2D eigenvalue weighted by atomic mass is 32.2. The maximum atomic E-state index is 14.1. The summed E-state index contributed by atoms with van der Waals surface area (Å²) in [6, 6.07) is 23.3. The molecule has 0 amide bonds. The molecule has 0 saturated carbocycles. The van der Waals surface area contributed by atoms with E-state index in [1.54, 1.807) is 12.1 Å². The van der Waals surface area contributed by atoms with Gasteiger partial charge in [0.15, 0.2) is 9.84 Å². The highest BCUT2D eigenvalue weighted by molar-refractivity contribution is 7.91. The molecule has 0 aliphatic rings. The third-order valence-electron chi connectivity index (χ3n) is 7.81. The van der Waals surface area contributed by atoms with Crippen molar-refractivity contribution in [2.75, 3.05) is 38.0 Å². The zero-order valence-corrected chi connectivity index (χ0v) is 26.2. The van der Waals surface area contributed by atoms with Crippen LogP contribution >= 0.6 is 0 Å². The smallest absolute Gasteiger partial charge is 0.189 e. The number of aryl methyl sites for hydroxylation is 1. The Hall–Kier alpha value is -2.79. The normalized spacial score (nSPS) is 11.7. The molecule has 0 spiro atoms. The lowest BCUT2D eigenvalue weighted by atomic mass is 10.0. The van der Waals surface area contributed by atoms with Gasteiger partial charge in [-0.25, -0.2) is 8.42 Å². The van der Waals surface area contributed by atoms with Crippen molar-refractivity contribution in [1.29, 1.82) is 0 Å². The van der Waals surface area contributed by atoms with Gasteiger partial charge in [-0.15, -0.1) is 0 Å². The van der Waals surface area contributed by atoms with E-state index in [-0.39, 0.29) is 0 Å². The number of anilines is 2. The zero-order valence-electron chi connectivity index (χ0n) is 25.4. The zero-order chi connectivity index (χ0) is 29.0. The van der Waals surface area contributed by atoms with Crippen LogP contribution in [0.4, 0.5) is 11.4 Å². The largest absolute Gasteiger partial charge is 0.378 e. The first-order chi connectivity index (χ1) is 19.2. The summed E-state index contributed by atoms with van der Waals surface area (Å²) in [5, 5.41) is -0.771. The Morgan fingerprint density at radius 3 is 1.35 bits per heavy atom. The Morgan fingerprint density at radius 2 is 0.950 bits per heavy atom. The molecule has 0 bridgehead atoms. The van der Waals surface area contributed by atoms with Crippen LogP contribution in [0.3, 0.4) is 0 Å². The fraction of sp³-hybridized carbons (Fsp3) is 0.486. The Balaban J connectivity index is 1.68. The fourth-order valence-electron chi connectivity index (χ4n) is 5.24. The first-order valence-electron chi connectivity index (χ1n) is 15.1. The van der Waals surface area contributed by atoms with Gasteiger partial charge in [-0.1, -0.05) is 101 Å². The quantitative estimate of drug-likeness (QED) is 0.154. The number of sulfone groups is 1. The molecule has 0 radical (unpaired) electrons. The van der Waals surface area contributed by atoms with E-state index >= 15 is 0 Å². The van der Waals surface area contributed by atoms with Crippen LogP contribution in [0.5, 0.6) is 0 Å². The lowest BCUT2D eigenvalue weighted by Crippen LogP contribution is -2.16. The maximum absolute atomic E-state index is 14.1. The molecule has 40 heavy (non-hydrogen) atoms. The van der Waals surface area contributed by atoms with Crippen LogP contribution < -0.4 is 9.80 Å². The summed E-state index contributed by atoms with van der Waals surface area (Å²) >= 11 is 0. The van der Waals surface area contributed by atoms with Gasteiger partial charge in [0.05, 0.1) is 4.90 Å². The molecule has 0 saturated heterocycles. The standard InChI is InChI=1S/C35H50N2O2S/c1-6-7-8-9-10-11-12-13-14-15-16-29-17-27-34(28-18-29)40(38,39)35(30-19-23-32(24-20-30)36(2)3)31-21-25-33(26-22-31)37(4)5/h17-28,35H,6-16H2,1-5H3. The molecule has 0 heterocycles. The number of hydrogen-bond acceptors (Lipinski definition) is 4. The van der Waals surface area contributed by atoms with Crippen LogP contribution in [0.1, 0.15) is 93.1 Å². The van der Waals surface area contributed by atoms with Gasteiger partial charge in [-0.05, 0) is 65.9 Å². The maximum Gasteiger partial charge on any atom is 0.189 e. The molecule has 0 N–H and O–H groups in total. The van der Waals surface area contributed by atoms with Crippen LogP contribution in [-0.4, -0.2) is 36.6 Å². The summed E-state index contributed by atoms with van der Waals surface area (Å²) in [5.74, 6) is 0. The molecule has 3 rings (SSSR count). The van der Waals surface area contributed by atoms with Gasteiger partial charge in [0.2, 0.25) is 0 Å². The van der Waals surface area contributed by atoms with Gasteiger partial charge in [-0.3, -0.25) is 0 Å². The van der Waals surface area contributed by atoms with Crippen molar-refractivity contribution >= 4 is 21.2 Å². The Bertz CT molecular complexity index is 1180. The Labute approximate surface area is 244 Å². The lowest BCUT2D eigenvalue weighted by molar-refractivity contribution is 0.556. The van der Waals surface area contributed by atoms with Gasteiger partial charge < -0.3 is 9.80 Å². The number of benzene rings is 3. The number of nitrogens with zero attached hydrogens (tertiary/aromatic N) is 2. The van der Waals surface area contributed by atoms with Crippen LogP contribution in [0, 0.1) is 0 Å². The van der Waals surface area contributed by atoms with Gasteiger partial charge in [0.1, 0.15) is 5.25 Å². The van der Waals surface area contributed by atoms with E-state index in [0.29, 0.717) is 4.90 Å². The molecule has 218 valence electrons. The summed E-state index contributed by atoms with van der Waals surface area (Å²) in [4.78, 5) is 4.41. The second kappa shape index (κ2) is 15.9. The molecular weight excluding hydrogens is 512 g/mol. The van der Waals surface area contributed by atoms with E-state index in [1.165, 1.54) is 63.4 Å². The number of rotatable bonds is 17. The minimum absolute atomic E-state index is 0.373. The molecule has 4 nitrogen and oxygen atoms in total. The van der Waals surface area contributed by atoms with Crippen molar-refractivity contribution < 1.29 is 8.42 Å². The fourth-order valence-corrected chi connectivity index (χ4v) is 7.06. The van der Waals surface area contributed by atoms with Crippen LogP contribution in [0.2, 0.25) is 0 Å². The SMILES string of the molecule is CCCCCCCCCCCCc1ccc(S(=O)(=O)C(c2ccc(N(C)C)cc2)c2ccc(N(C)C)cc2)cc1. The van der Waals surface area contributed by atoms with E-state index in [9.17, 15) is 8.42 Å². The first-order valence-corrected chi connectivity index (χ1v) is 16.7. The Morgan fingerprint density at radius 1 is 0.550 bits per heavy atom. The summed E-state index contributed by atoms with van der Waals surface area (Å²) in [7, 11) is 4.28. The van der Waals surface area contributed by atoms with Crippen molar-refractivity contribution in [3.05, 3.63) is 89.5 Å². The lowest BCUT2D eigenvalue weighted by Gasteiger charge is -2.21. The molecule has 0 aromatic heterocycles. The number of hydrogen-bond donors (Lipinski definition) is 0.